The molecule has 0 aliphatic heterocycles. The lowest BCUT2D eigenvalue weighted by atomic mass is 10.2. The monoisotopic (exact) mass is 270 g/mol. The van der Waals surface area contributed by atoms with E-state index in [1.807, 2.05) is 6.92 Å². The molecule has 1 aromatic heterocycles. The smallest absolute Gasteiger partial charge is 0.239 e. The highest BCUT2D eigenvalue weighted by Gasteiger charge is 2.13. The van der Waals surface area contributed by atoms with Crippen LogP contribution in [0.3, 0.4) is 0 Å². The molecule has 3 N–H and O–H groups in total. The van der Waals surface area contributed by atoms with Gasteiger partial charge in [-0.05, 0) is 18.1 Å². The quantitative estimate of drug-likeness (QED) is 0.814. The lowest BCUT2D eigenvalue weighted by Gasteiger charge is -2.19. The predicted octanol–water partition coefficient (Wildman–Crippen LogP) is 1.16. The van der Waals surface area contributed by atoms with Crippen molar-refractivity contribution in [3.63, 3.8) is 0 Å². The van der Waals surface area contributed by atoms with Gasteiger partial charge < -0.3 is 16.0 Å². The van der Waals surface area contributed by atoms with E-state index in [1.165, 1.54) is 0 Å². The van der Waals surface area contributed by atoms with Crippen LogP contribution in [-0.2, 0) is 11.3 Å². The zero-order valence-electron chi connectivity index (χ0n) is 10.7. The number of anilines is 1. The second kappa shape index (κ2) is 7.18. The molecule has 0 aliphatic carbocycles. The van der Waals surface area contributed by atoms with E-state index in [9.17, 15) is 4.79 Å². The molecule has 1 heterocycles. The van der Waals surface area contributed by atoms with Crippen molar-refractivity contribution >= 4 is 23.3 Å². The Labute approximate surface area is 112 Å². The van der Waals surface area contributed by atoms with Crippen molar-refractivity contribution in [2.45, 2.75) is 19.9 Å². The van der Waals surface area contributed by atoms with Crippen LogP contribution in [0.25, 0.3) is 0 Å². The predicted molar refractivity (Wildman–Crippen MR) is 73.7 cm³/mol. The summed E-state index contributed by atoms with van der Waals surface area (Å²) in [6.07, 6.45) is 2.56. The molecule has 100 valence electrons. The summed E-state index contributed by atoms with van der Waals surface area (Å²) in [6, 6.07) is 1.77. The van der Waals surface area contributed by atoms with Crippen LogP contribution in [0.15, 0.2) is 12.3 Å². The first-order valence-corrected chi connectivity index (χ1v) is 6.29. The van der Waals surface area contributed by atoms with Crippen molar-refractivity contribution < 1.29 is 4.79 Å². The van der Waals surface area contributed by atoms with Crippen molar-refractivity contribution in [1.82, 2.24) is 10.3 Å². The fourth-order valence-corrected chi connectivity index (χ4v) is 1.84. The van der Waals surface area contributed by atoms with Crippen LogP contribution in [0.1, 0.15) is 18.9 Å². The highest BCUT2D eigenvalue weighted by Crippen LogP contribution is 2.25. The van der Waals surface area contributed by atoms with Gasteiger partial charge in [0.15, 0.2) is 0 Å². The third-order valence-electron chi connectivity index (χ3n) is 2.49. The van der Waals surface area contributed by atoms with Crippen molar-refractivity contribution in [2.75, 3.05) is 25.0 Å². The van der Waals surface area contributed by atoms with Gasteiger partial charge in [-0.25, -0.2) is 4.98 Å². The number of amides is 1. The van der Waals surface area contributed by atoms with E-state index in [2.05, 4.69) is 10.3 Å². The van der Waals surface area contributed by atoms with Crippen molar-refractivity contribution in [3.05, 3.63) is 22.8 Å². The summed E-state index contributed by atoms with van der Waals surface area (Å²) in [5, 5.41) is 3.31. The van der Waals surface area contributed by atoms with Crippen molar-refractivity contribution in [2.24, 2.45) is 5.73 Å². The summed E-state index contributed by atoms with van der Waals surface area (Å²) >= 11 is 6.18. The van der Waals surface area contributed by atoms with Gasteiger partial charge in [-0.15, -0.1) is 0 Å². The van der Waals surface area contributed by atoms with E-state index in [-0.39, 0.29) is 12.5 Å². The maximum atomic E-state index is 11.6. The Kier molecular flexibility index (Phi) is 5.88. The van der Waals surface area contributed by atoms with Gasteiger partial charge in [-0.3, -0.25) is 4.79 Å². The molecule has 0 aromatic carbocycles. The number of aromatic nitrogens is 1. The molecule has 0 saturated heterocycles. The van der Waals surface area contributed by atoms with Crippen molar-refractivity contribution in [3.8, 4) is 0 Å². The normalized spacial score (nSPS) is 10.2. The van der Waals surface area contributed by atoms with E-state index < -0.39 is 0 Å². The van der Waals surface area contributed by atoms with E-state index >= 15 is 0 Å². The number of nitrogens with zero attached hydrogens (tertiary/aromatic N) is 2. The van der Waals surface area contributed by atoms with Crippen LogP contribution < -0.4 is 16.0 Å². The van der Waals surface area contributed by atoms with E-state index in [4.69, 9.17) is 17.3 Å². The largest absolute Gasteiger partial charge is 0.355 e. The zero-order chi connectivity index (χ0) is 13.5. The Balaban J connectivity index is 2.72. The van der Waals surface area contributed by atoms with Crippen LogP contribution in [0.4, 0.5) is 5.82 Å². The average molecular weight is 271 g/mol. The minimum atomic E-state index is -0.0460. The summed E-state index contributed by atoms with van der Waals surface area (Å²) < 4.78 is 0. The SMILES string of the molecule is CCCNC(=O)CN(C)c1nccc(CN)c1Cl. The molecule has 0 fully saturated rings. The lowest BCUT2D eigenvalue weighted by Crippen LogP contribution is -2.36. The van der Waals surface area contributed by atoms with Gasteiger partial charge in [0.25, 0.3) is 0 Å². The lowest BCUT2D eigenvalue weighted by molar-refractivity contribution is -0.119. The van der Waals surface area contributed by atoms with Gasteiger partial charge in [-0.2, -0.15) is 0 Å². The molecular weight excluding hydrogens is 252 g/mol. The molecule has 0 aliphatic rings. The molecule has 0 unspecified atom stereocenters. The van der Waals surface area contributed by atoms with E-state index in [0.717, 1.165) is 12.0 Å². The van der Waals surface area contributed by atoms with Crippen LogP contribution in [0, 0.1) is 0 Å². The Hall–Kier alpha value is -1.33. The van der Waals surface area contributed by atoms with Gasteiger partial charge in [0.2, 0.25) is 5.91 Å². The van der Waals surface area contributed by atoms with Gasteiger partial charge >= 0.3 is 0 Å². The number of nitrogens with two attached hydrogens (primary N) is 1. The molecule has 0 radical (unpaired) electrons. The summed E-state index contributed by atoms with van der Waals surface area (Å²) in [7, 11) is 1.78. The molecule has 0 saturated carbocycles. The first-order chi connectivity index (χ1) is 8.60. The summed E-state index contributed by atoms with van der Waals surface area (Å²) in [5.74, 6) is 0.529. The molecule has 0 bridgehead atoms. The summed E-state index contributed by atoms with van der Waals surface area (Å²) in [5.41, 5.74) is 6.40. The Bertz CT molecular complexity index is 411. The first-order valence-electron chi connectivity index (χ1n) is 5.91. The molecule has 1 amide bonds. The average Bonchev–Trinajstić information content (AvgIpc) is 2.36. The number of hydrogen-bond acceptors (Lipinski definition) is 4. The van der Waals surface area contributed by atoms with Crippen LogP contribution in [-0.4, -0.2) is 31.0 Å². The van der Waals surface area contributed by atoms with E-state index in [0.29, 0.717) is 23.9 Å². The second-order valence-corrected chi connectivity index (χ2v) is 4.40. The number of likely N-dealkylation sites (N-methyl/N-ethyl adjacent to an activating group) is 1. The molecule has 1 aromatic rings. The zero-order valence-corrected chi connectivity index (χ0v) is 11.5. The minimum absolute atomic E-state index is 0.0460. The molecule has 1 rings (SSSR count). The topological polar surface area (TPSA) is 71.2 Å². The standard InChI is InChI=1S/C12H19ClN4O/c1-3-5-15-10(18)8-17(2)12-11(13)9(7-14)4-6-16-12/h4,6H,3,5,7-8,14H2,1-2H3,(H,15,18). The highest BCUT2D eigenvalue weighted by molar-refractivity contribution is 6.33. The summed E-state index contributed by atoms with van der Waals surface area (Å²) in [4.78, 5) is 17.5. The number of pyridine rings is 1. The molecule has 6 heteroatoms. The first kappa shape index (κ1) is 14.7. The maximum absolute atomic E-state index is 11.6. The van der Waals surface area contributed by atoms with Gasteiger partial charge in [0.1, 0.15) is 5.82 Å². The fourth-order valence-electron chi connectivity index (χ4n) is 1.51. The Morgan fingerprint density at radius 3 is 2.94 bits per heavy atom. The third kappa shape index (κ3) is 3.85. The van der Waals surface area contributed by atoms with Gasteiger partial charge in [0, 0.05) is 26.3 Å². The molecule has 0 atom stereocenters. The number of hydrogen-bond donors (Lipinski definition) is 2. The number of carbonyl (C=O) groups excluding carboxylic acids is 1. The number of halogens is 1. The number of rotatable bonds is 6. The van der Waals surface area contributed by atoms with Gasteiger partial charge in [0.05, 0.1) is 11.6 Å². The van der Waals surface area contributed by atoms with Crippen LogP contribution >= 0.6 is 11.6 Å². The molecule has 5 nitrogen and oxygen atoms in total. The minimum Gasteiger partial charge on any atom is -0.355 e. The molecule has 0 spiro atoms. The Morgan fingerprint density at radius 1 is 1.61 bits per heavy atom. The third-order valence-corrected chi connectivity index (χ3v) is 2.90. The highest BCUT2D eigenvalue weighted by atomic mass is 35.5. The second-order valence-electron chi connectivity index (χ2n) is 4.02. The van der Waals surface area contributed by atoms with Crippen LogP contribution in [0.2, 0.25) is 5.02 Å². The Morgan fingerprint density at radius 2 is 2.33 bits per heavy atom. The van der Waals surface area contributed by atoms with Crippen molar-refractivity contribution in [1.29, 1.82) is 0 Å². The van der Waals surface area contributed by atoms with Crippen LogP contribution in [0.5, 0.6) is 0 Å². The molecule has 18 heavy (non-hydrogen) atoms. The maximum Gasteiger partial charge on any atom is 0.239 e. The number of carbonyl (C=O) groups is 1. The van der Waals surface area contributed by atoms with E-state index in [1.54, 1.807) is 24.2 Å². The molecular formula is C12H19ClN4O. The number of nitrogens with one attached hydrogen (secondary N) is 1. The fraction of sp³-hybridized carbons (Fsp3) is 0.500. The summed E-state index contributed by atoms with van der Waals surface area (Å²) in [6.45, 7) is 3.26. The van der Waals surface area contributed by atoms with Gasteiger partial charge in [-0.1, -0.05) is 18.5 Å².